The van der Waals surface area contributed by atoms with Gasteiger partial charge in [0.1, 0.15) is 10.0 Å². The van der Waals surface area contributed by atoms with Gasteiger partial charge < -0.3 is 5.11 Å². The molecule has 1 aromatic heterocycles. The molecule has 1 aliphatic rings. The van der Waals surface area contributed by atoms with Crippen molar-refractivity contribution in [2.24, 2.45) is 0 Å². The number of hydrogen-bond donors (Lipinski definition) is 1. The zero-order chi connectivity index (χ0) is 12.5. The Kier molecular flexibility index (Phi) is 3.67. The second-order valence-corrected chi connectivity index (χ2v) is 6.30. The summed E-state index contributed by atoms with van der Waals surface area (Å²) in [6.07, 6.45) is 1.96. The second kappa shape index (κ2) is 4.89. The number of aromatic nitrogens is 1. The minimum atomic E-state index is -3.56. The van der Waals surface area contributed by atoms with Gasteiger partial charge in [-0.05, 0) is 25.0 Å². The van der Waals surface area contributed by atoms with Crippen molar-refractivity contribution in [3.8, 4) is 0 Å². The lowest BCUT2D eigenvalue weighted by Gasteiger charge is -2.29. The van der Waals surface area contributed by atoms with Gasteiger partial charge in [0.25, 0.3) is 0 Å². The Labute approximate surface area is 105 Å². The van der Waals surface area contributed by atoms with Gasteiger partial charge in [-0.2, -0.15) is 4.31 Å². The summed E-state index contributed by atoms with van der Waals surface area (Å²) in [5.74, 6) is 0. The molecule has 1 fully saturated rings. The Hall–Kier alpha value is -0.690. The van der Waals surface area contributed by atoms with E-state index >= 15 is 0 Å². The summed E-state index contributed by atoms with van der Waals surface area (Å²) in [7, 11) is -3.56. The van der Waals surface area contributed by atoms with Crippen molar-refractivity contribution in [1.82, 2.24) is 9.29 Å². The van der Waals surface area contributed by atoms with Crippen LogP contribution in [-0.2, 0) is 10.0 Å². The van der Waals surface area contributed by atoms with Crippen molar-refractivity contribution >= 4 is 21.6 Å². The molecule has 0 bridgehead atoms. The Bertz CT molecular complexity index is 489. The Morgan fingerprint density at radius 3 is 2.82 bits per heavy atom. The van der Waals surface area contributed by atoms with Crippen LogP contribution in [0.2, 0.25) is 5.15 Å². The average Bonchev–Trinajstić information content (AvgIpc) is 2.29. The van der Waals surface area contributed by atoms with Gasteiger partial charge in [0, 0.05) is 19.3 Å². The molecule has 1 atom stereocenters. The molecule has 1 aliphatic heterocycles. The molecule has 0 radical (unpaired) electrons. The maximum Gasteiger partial charge on any atom is 0.244 e. The van der Waals surface area contributed by atoms with Gasteiger partial charge in [0.05, 0.1) is 6.10 Å². The van der Waals surface area contributed by atoms with Gasteiger partial charge in [-0.3, -0.25) is 0 Å². The summed E-state index contributed by atoms with van der Waals surface area (Å²) in [5.41, 5.74) is 0. The van der Waals surface area contributed by atoms with Crippen LogP contribution in [0.5, 0.6) is 0 Å². The molecule has 17 heavy (non-hydrogen) atoms. The quantitative estimate of drug-likeness (QED) is 0.814. The molecule has 2 rings (SSSR count). The fourth-order valence-electron chi connectivity index (χ4n) is 1.80. The zero-order valence-corrected chi connectivity index (χ0v) is 10.7. The van der Waals surface area contributed by atoms with Gasteiger partial charge in [-0.1, -0.05) is 11.6 Å². The van der Waals surface area contributed by atoms with Crippen LogP contribution in [0.15, 0.2) is 23.2 Å². The van der Waals surface area contributed by atoms with Crippen molar-refractivity contribution in [2.45, 2.75) is 23.8 Å². The molecule has 0 unspecified atom stereocenters. The number of β-amino-alcohol motifs (C(OH)–C–C–N with tert-alkyl or cyclic N) is 1. The van der Waals surface area contributed by atoms with Crippen LogP contribution in [0.1, 0.15) is 12.8 Å². The topological polar surface area (TPSA) is 70.5 Å². The lowest BCUT2D eigenvalue weighted by Crippen LogP contribution is -2.42. The molecule has 0 saturated carbocycles. The summed E-state index contributed by atoms with van der Waals surface area (Å²) in [6, 6.07) is 2.86. The van der Waals surface area contributed by atoms with E-state index in [1.165, 1.54) is 22.6 Å². The first kappa shape index (κ1) is 12.8. The van der Waals surface area contributed by atoms with Gasteiger partial charge in [0.2, 0.25) is 10.0 Å². The fourth-order valence-corrected chi connectivity index (χ4v) is 3.38. The van der Waals surface area contributed by atoms with Crippen molar-refractivity contribution in [1.29, 1.82) is 0 Å². The lowest BCUT2D eigenvalue weighted by molar-refractivity contribution is 0.108. The lowest BCUT2D eigenvalue weighted by atomic mass is 10.1. The fraction of sp³-hybridized carbons (Fsp3) is 0.500. The molecule has 0 aliphatic carbocycles. The van der Waals surface area contributed by atoms with Crippen LogP contribution in [0.25, 0.3) is 0 Å². The SMILES string of the molecule is O=S(=O)(c1ccc(Cl)nc1)N1CCC[C@H](O)C1. The first-order chi connectivity index (χ1) is 8.00. The molecular formula is C10H13ClN2O3S. The van der Waals surface area contributed by atoms with Crippen molar-refractivity contribution in [2.75, 3.05) is 13.1 Å². The summed E-state index contributed by atoms with van der Waals surface area (Å²) < 4.78 is 25.6. The number of pyridine rings is 1. The molecule has 1 aromatic rings. The molecule has 0 aromatic carbocycles. The second-order valence-electron chi connectivity index (χ2n) is 3.98. The van der Waals surface area contributed by atoms with Gasteiger partial charge in [0.15, 0.2) is 0 Å². The molecule has 5 nitrogen and oxygen atoms in total. The Balaban J connectivity index is 2.26. The van der Waals surface area contributed by atoms with Crippen LogP contribution in [0.4, 0.5) is 0 Å². The molecule has 94 valence electrons. The van der Waals surface area contributed by atoms with Crippen molar-refractivity contribution < 1.29 is 13.5 Å². The van der Waals surface area contributed by atoms with E-state index in [1.807, 2.05) is 0 Å². The number of aliphatic hydroxyl groups is 1. The van der Waals surface area contributed by atoms with E-state index in [0.29, 0.717) is 19.4 Å². The summed E-state index contributed by atoms with van der Waals surface area (Å²) in [6.45, 7) is 0.576. The summed E-state index contributed by atoms with van der Waals surface area (Å²) in [5, 5.41) is 9.74. The minimum absolute atomic E-state index is 0.107. The van der Waals surface area contributed by atoms with Gasteiger partial charge in [-0.15, -0.1) is 0 Å². The van der Waals surface area contributed by atoms with E-state index in [2.05, 4.69) is 4.98 Å². The number of nitrogens with zero attached hydrogens (tertiary/aromatic N) is 2. The molecule has 7 heteroatoms. The standard InChI is InChI=1S/C10H13ClN2O3S/c11-10-4-3-9(6-12-10)17(15,16)13-5-1-2-8(14)7-13/h3-4,6,8,14H,1-2,5,7H2/t8-/m0/s1. The first-order valence-corrected chi connectivity index (χ1v) is 7.12. The van der Waals surface area contributed by atoms with Crippen LogP contribution in [0, 0.1) is 0 Å². The Morgan fingerprint density at radius 1 is 1.47 bits per heavy atom. The third-order valence-corrected chi connectivity index (χ3v) is 4.77. The van der Waals surface area contributed by atoms with E-state index in [9.17, 15) is 13.5 Å². The van der Waals surface area contributed by atoms with E-state index in [0.717, 1.165) is 0 Å². The predicted octanol–water partition coefficient (Wildman–Crippen LogP) is 0.880. The number of sulfonamides is 1. The van der Waals surface area contributed by atoms with Crippen LogP contribution < -0.4 is 0 Å². The highest BCUT2D eigenvalue weighted by molar-refractivity contribution is 7.89. The Morgan fingerprint density at radius 2 is 2.24 bits per heavy atom. The third-order valence-electron chi connectivity index (χ3n) is 2.70. The highest BCUT2D eigenvalue weighted by atomic mass is 35.5. The van der Waals surface area contributed by atoms with Gasteiger partial charge >= 0.3 is 0 Å². The average molecular weight is 277 g/mol. The predicted molar refractivity (Wildman–Crippen MR) is 63.2 cm³/mol. The highest BCUT2D eigenvalue weighted by Crippen LogP contribution is 2.20. The van der Waals surface area contributed by atoms with Crippen LogP contribution in [0.3, 0.4) is 0 Å². The van der Waals surface area contributed by atoms with Crippen LogP contribution >= 0.6 is 11.6 Å². The molecule has 2 heterocycles. The molecule has 1 saturated heterocycles. The summed E-state index contributed by atoms with van der Waals surface area (Å²) in [4.78, 5) is 3.86. The number of piperidine rings is 1. The van der Waals surface area contributed by atoms with E-state index < -0.39 is 16.1 Å². The smallest absolute Gasteiger partial charge is 0.244 e. The number of halogens is 1. The highest BCUT2D eigenvalue weighted by Gasteiger charge is 2.29. The molecule has 1 N–H and O–H groups in total. The summed E-state index contributed by atoms with van der Waals surface area (Å²) >= 11 is 5.61. The van der Waals surface area contributed by atoms with E-state index in [1.54, 1.807) is 0 Å². The molecule has 0 spiro atoms. The number of hydrogen-bond acceptors (Lipinski definition) is 4. The van der Waals surface area contributed by atoms with Crippen LogP contribution in [-0.4, -0.2) is 42.0 Å². The maximum absolute atomic E-state index is 12.2. The van der Waals surface area contributed by atoms with Crippen molar-refractivity contribution in [3.63, 3.8) is 0 Å². The van der Waals surface area contributed by atoms with E-state index in [4.69, 9.17) is 11.6 Å². The largest absolute Gasteiger partial charge is 0.392 e. The first-order valence-electron chi connectivity index (χ1n) is 5.30. The van der Waals surface area contributed by atoms with E-state index in [-0.39, 0.29) is 16.6 Å². The van der Waals surface area contributed by atoms with Gasteiger partial charge in [-0.25, -0.2) is 13.4 Å². The zero-order valence-electron chi connectivity index (χ0n) is 9.08. The molecule has 0 amide bonds. The monoisotopic (exact) mass is 276 g/mol. The third kappa shape index (κ3) is 2.77. The van der Waals surface area contributed by atoms with Crippen molar-refractivity contribution in [3.05, 3.63) is 23.5 Å². The number of aliphatic hydroxyl groups excluding tert-OH is 1. The maximum atomic E-state index is 12.2. The molecular weight excluding hydrogens is 264 g/mol. The minimum Gasteiger partial charge on any atom is -0.392 e. The normalized spacial score (nSPS) is 22.6. The number of rotatable bonds is 2.